The number of furan rings is 1. The van der Waals surface area contributed by atoms with Crippen molar-refractivity contribution in [3.05, 3.63) is 77.5 Å². The van der Waals surface area contributed by atoms with Crippen molar-refractivity contribution in [2.75, 3.05) is 0 Å². The van der Waals surface area contributed by atoms with Gasteiger partial charge in [0.15, 0.2) is 0 Å². The van der Waals surface area contributed by atoms with Gasteiger partial charge < -0.3 is 9.15 Å². The van der Waals surface area contributed by atoms with Crippen LogP contribution in [0.25, 0.3) is 21.7 Å². The molecule has 3 nitrogen and oxygen atoms in total. The first-order valence-electron chi connectivity index (χ1n) is 7.55. The summed E-state index contributed by atoms with van der Waals surface area (Å²) >= 11 is 5.83. The molecular formula is C20H13ClO3. The Balaban J connectivity index is 1.65. The quantitative estimate of drug-likeness (QED) is 0.372. The molecule has 1 heterocycles. The summed E-state index contributed by atoms with van der Waals surface area (Å²) in [5.41, 5.74) is 1.59. The van der Waals surface area contributed by atoms with Crippen LogP contribution in [0.4, 0.5) is 0 Å². The van der Waals surface area contributed by atoms with E-state index < -0.39 is 0 Å². The lowest BCUT2D eigenvalue weighted by Crippen LogP contribution is -2.10. The monoisotopic (exact) mass is 336 g/mol. The highest BCUT2D eigenvalue weighted by molar-refractivity contribution is 6.30. The zero-order valence-electron chi connectivity index (χ0n) is 12.7. The number of ether oxygens (including phenoxy) is 1. The van der Waals surface area contributed by atoms with E-state index in [1.54, 1.807) is 30.5 Å². The van der Waals surface area contributed by atoms with Crippen molar-refractivity contribution in [3.63, 3.8) is 0 Å². The van der Waals surface area contributed by atoms with E-state index >= 15 is 0 Å². The number of carbonyl (C=O) groups excluding carboxylic acids is 1. The SMILES string of the molecule is O=C(Cc1coc2ccc3ccccc3c12)Oc1ccc(Cl)cc1. The van der Waals surface area contributed by atoms with Gasteiger partial charge in [0, 0.05) is 16.0 Å². The molecule has 0 aliphatic rings. The Morgan fingerprint density at radius 1 is 1.00 bits per heavy atom. The largest absolute Gasteiger partial charge is 0.464 e. The third kappa shape index (κ3) is 2.74. The van der Waals surface area contributed by atoms with Gasteiger partial charge in [-0.2, -0.15) is 0 Å². The first-order chi connectivity index (χ1) is 11.7. The third-order valence-corrected chi connectivity index (χ3v) is 4.17. The predicted molar refractivity (Wildman–Crippen MR) is 94.5 cm³/mol. The van der Waals surface area contributed by atoms with Crippen LogP contribution in [0, 0.1) is 0 Å². The zero-order chi connectivity index (χ0) is 16.5. The van der Waals surface area contributed by atoms with Crippen LogP contribution in [-0.2, 0) is 11.2 Å². The van der Waals surface area contributed by atoms with Crippen molar-refractivity contribution in [3.8, 4) is 5.75 Å². The van der Waals surface area contributed by atoms with Gasteiger partial charge in [-0.15, -0.1) is 0 Å². The predicted octanol–water partition coefficient (Wildman–Crippen LogP) is 5.39. The molecule has 24 heavy (non-hydrogen) atoms. The number of halogens is 1. The van der Waals surface area contributed by atoms with E-state index in [1.807, 2.05) is 36.4 Å². The maximum atomic E-state index is 12.2. The molecule has 4 heteroatoms. The summed E-state index contributed by atoms with van der Waals surface area (Å²) < 4.78 is 11.0. The molecule has 3 aromatic carbocycles. The average Bonchev–Trinajstić information content (AvgIpc) is 3.00. The molecule has 0 saturated carbocycles. The number of hydrogen-bond donors (Lipinski definition) is 0. The number of fused-ring (bicyclic) bond motifs is 3. The second-order valence-electron chi connectivity index (χ2n) is 5.53. The van der Waals surface area contributed by atoms with Crippen LogP contribution in [0.1, 0.15) is 5.56 Å². The van der Waals surface area contributed by atoms with Gasteiger partial charge in [-0.05, 0) is 41.1 Å². The second kappa shape index (κ2) is 6.02. The van der Waals surface area contributed by atoms with E-state index in [0.717, 1.165) is 27.3 Å². The Kier molecular flexibility index (Phi) is 3.71. The zero-order valence-corrected chi connectivity index (χ0v) is 13.4. The van der Waals surface area contributed by atoms with Crippen molar-refractivity contribution >= 4 is 39.3 Å². The molecule has 0 spiro atoms. The summed E-state index contributed by atoms with van der Waals surface area (Å²) in [6.07, 6.45) is 1.77. The molecule has 0 unspecified atom stereocenters. The number of carbonyl (C=O) groups is 1. The molecule has 0 aliphatic carbocycles. The molecule has 4 aromatic rings. The van der Waals surface area contributed by atoms with Crippen molar-refractivity contribution in [1.82, 2.24) is 0 Å². The molecule has 0 atom stereocenters. The minimum atomic E-state index is -0.340. The summed E-state index contributed by atoms with van der Waals surface area (Å²) in [7, 11) is 0. The van der Waals surface area contributed by atoms with Crippen LogP contribution < -0.4 is 4.74 Å². The van der Waals surface area contributed by atoms with E-state index in [-0.39, 0.29) is 12.4 Å². The minimum Gasteiger partial charge on any atom is -0.464 e. The summed E-state index contributed by atoms with van der Waals surface area (Å²) in [4.78, 5) is 12.2. The van der Waals surface area contributed by atoms with E-state index in [1.165, 1.54) is 0 Å². The van der Waals surface area contributed by atoms with Gasteiger partial charge in [-0.25, -0.2) is 0 Å². The Hall–Kier alpha value is -2.78. The van der Waals surface area contributed by atoms with Crippen LogP contribution in [0.2, 0.25) is 5.02 Å². The fourth-order valence-corrected chi connectivity index (χ4v) is 2.96. The minimum absolute atomic E-state index is 0.142. The normalized spacial score (nSPS) is 11.0. The molecule has 0 fully saturated rings. The maximum Gasteiger partial charge on any atom is 0.315 e. The van der Waals surface area contributed by atoms with Gasteiger partial charge in [0.2, 0.25) is 0 Å². The average molecular weight is 337 g/mol. The van der Waals surface area contributed by atoms with E-state index in [9.17, 15) is 4.79 Å². The van der Waals surface area contributed by atoms with Crippen molar-refractivity contribution in [1.29, 1.82) is 0 Å². The molecular weight excluding hydrogens is 324 g/mol. The third-order valence-electron chi connectivity index (χ3n) is 3.92. The summed E-state index contributed by atoms with van der Waals surface area (Å²) in [5.74, 6) is 0.134. The van der Waals surface area contributed by atoms with Gasteiger partial charge in [-0.3, -0.25) is 4.79 Å². The fraction of sp³-hybridized carbons (Fsp3) is 0.0500. The molecule has 0 aliphatic heterocycles. The molecule has 118 valence electrons. The lowest BCUT2D eigenvalue weighted by atomic mass is 10.0. The van der Waals surface area contributed by atoms with Crippen LogP contribution in [0.5, 0.6) is 5.75 Å². The van der Waals surface area contributed by atoms with Gasteiger partial charge in [0.05, 0.1) is 12.7 Å². The number of benzene rings is 3. The van der Waals surface area contributed by atoms with Gasteiger partial charge in [0.25, 0.3) is 0 Å². The molecule has 0 N–H and O–H groups in total. The smallest absolute Gasteiger partial charge is 0.315 e. The van der Waals surface area contributed by atoms with Crippen LogP contribution in [-0.4, -0.2) is 5.97 Å². The fourth-order valence-electron chi connectivity index (χ4n) is 2.83. The first kappa shape index (κ1) is 14.8. The summed E-state index contributed by atoms with van der Waals surface area (Å²) in [5, 5.41) is 3.74. The van der Waals surface area contributed by atoms with Crippen molar-refractivity contribution in [2.24, 2.45) is 0 Å². The Morgan fingerprint density at radius 2 is 1.79 bits per heavy atom. The highest BCUT2D eigenvalue weighted by Crippen LogP contribution is 2.30. The van der Waals surface area contributed by atoms with E-state index in [0.29, 0.717) is 10.8 Å². The van der Waals surface area contributed by atoms with Gasteiger partial charge >= 0.3 is 5.97 Å². The lowest BCUT2D eigenvalue weighted by molar-refractivity contribution is -0.133. The summed E-state index contributed by atoms with van der Waals surface area (Å²) in [6, 6.07) is 18.7. The molecule has 0 radical (unpaired) electrons. The maximum absolute atomic E-state index is 12.2. The first-order valence-corrected chi connectivity index (χ1v) is 7.92. The molecule has 1 aromatic heterocycles. The Morgan fingerprint density at radius 3 is 2.62 bits per heavy atom. The summed E-state index contributed by atoms with van der Waals surface area (Å²) in [6.45, 7) is 0. The Labute approximate surface area is 143 Å². The number of esters is 1. The Bertz CT molecular complexity index is 1030. The van der Waals surface area contributed by atoms with E-state index in [4.69, 9.17) is 20.8 Å². The number of rotatable bonds is 3. The number of hydrogen-bond acceptors (Lipinski definition) is 3. The van der Waals surface area contributed by atoms with Gasteiger partial charge in [0.1, 0.15) is 11.3 Å². The van der Waals surface area contributed by atoms with E-state index in [2.05, 4.69) is 0 Å². The second-order valence-corrected chi connectivity index (χ2v) is 5.96. The van der Waals surface area contributed by atoms with Crippen LogP contribution >= 0.6 is 11.6 Å². The van der Waals surface area contributed by atoms with Crippen molar-refractivity contribution in [2.45, 2.75) is 6.42 Å². The molecule has 0 saturated heterocycles. The van der Waals surface area contributed by atoms with Gasteiger partial charge in [-0.1, -0.05) is 41.9 Å². The standard InChI is InChI=1S/C20H13ClO3/c21-15-6-8-16(9-7-15)24-19(22)11-14-12-23-18-10-5-13-3-1-2-4-17(13)20(14)18/h1-10,12H,11H2. The molecule has 0 amide bonds. The highest BCUT2D eigenvalue weighted by atomic mass is 35.5. The van der Waals surface area contributed by atoms with Crippen LogP contribution in [0.3, 0.4) is 0 Å². The van der Waals surface area contributed by atoms with Crippen molar-refractivity contribution < 1.29 is 13.9 Å². The topological polar surface area (TPSA) is 39.4 Å². The lowest BCUT2D eigenvalue weighted by Gasteiger charge is -2.04. The molecule has 4 rings (SSSR count). The molecule has 0 bridgehead atoms. The highest BCUT2D eigenvalue weighted by Gasteiger charge is 2.14. The van der Waals surface area contributed by atoms with Crippen LogP contribution in [0.15, 0.2) is 71.3 Å².